The summed E-state index contributed by atoms with van der Waals surface area (Å²) < 4.78 is 32.4. The molecule has 0 atom stereocenters. The highest BCUT2D eigenvalue weighted by Crippen LogP contribution is 2.19. The first-order valence-electron chi connectivity index (χ1n) is 12.2. The van der Waals surface area contributed by atoms with Crippen LogP contribution < -0.4 is 10.5 Å². The number of rotatable bonds is 23. The van der Waals surface area contributed by atoms with Crippen LogP contribution >= 0.6 is 0 Å². The smallest absolute Gasteiger partial charge is 0.305 e. The van der Waals surface area contributed by atoms with E-state index in [0.717, 1.165) is 12.8 Å². The molecule has 0 saturated carbocycles. The first-order chi connectivity index (χ1) is 16.2. The molecule has 1 rings (SSSR count). The average Bonchev–Trinajstić information content (AvgIpc) is 2.82. The number of benzene rings is 1. The van der Waals surface area contributed by atoms with Gasteiger partial charge in [0.2, 0.25) is 0 Å². The zero-order valence-electron chi connectivity index (χ0n) is 20.3. The van der Waals surface area contributed by atoms with Crippen LogP contribution in [0.2, 0.25) is 0 Å². The van der Waals surface area contributed by atoms with Crippen LogP contribution in [0.3, 0.4) is 0 Å². The highest BCUT2D eigenvalue weighted by Gasteiger charge is 2.02. The molecule has 0 aliphatic heterocycles. The van der Waals surface area contributed by atoms with Gasteiger partial charge in [-0.15, -0.1) is 0 Å². The second kappa shape index (κ2) is 21.9. The van der Waals surface area contributed by atoms with Crippen molar-refractivity contribution in [2.45, 2.75) is 51.9 Å². The standard InChI is InChI=1S/C25H43NO7/c1-2-3-4-5-6-7-12-25(27)33-22-20-31-18-16-29-14-13-28-15-17-30-19-21-32-24-11-9-8-10-23(24)26/h8-11H,2-7,12-22,26H2,1H3. The Kier molecular flexibility index (Phi) is 19.4. The zero-order chi connectivity index (χ0) is 23.8. The monoisotopic (exact) mass is 469 g/mol. The molecule has 0 amide bonds. The Balaban J connectivity index is 1.73. The third-order valence-electron chi connectivity index (χ3n) is 4.75. The molecule has 1 aromatic carbocycles. The van der Waals surface area contributed by atoms with E-state index in [9.17, 15) is 4.79 Å². The van der Waals surface area contributed by atoms with Crippen LogP contribution in [-0.4, -0.2) is 72.0 Å². The van der Waals surface area contributed by atoms with Gasteiger partial charge in [0.1, 0.15) is 19.0 Å². The molecule has 8 nitrogen and oxygen atoms in total. The topological polar surface area (TPSA) is 98.5 Å². The Morgan fingerprint density at radius 2 is 1.21 bits per heavy atom. The molecule has 190 valence electrons. The number of nitrogens with two attached hydrogens (primary N) is 1. The third kappa shape index (κ3) is 18.3. The summed E-state index contributed by atoms with van der Waals surface area (Å²) in [7, 11) is 0. The predicted octanol–water partition coefficient (Wildman–Crippen LogP) is 4.01. The van der Waals surface area contributed by atoms with Gasteiger partial charge in [0.15, 0.2) is 0 Å². The molecule has 0 saturated heterocycles. The highest BCUT2D eigenvalue weighted by atomic mass is 16.6. The van der Waals surface area contributed by atoms with Crippen molar-refractivity contribution in [2.75, 3.05) is 71.8 Å². The Labute approximate surface area is 199 Å². The maximum Gasteiger partial charge on any atom is 0.305 e. The van der Waals surface area contributed by atoms with Crippen LogP contribution in [-0.2, 0) is 28.5 Å². The van der Waals surface area contributed by atoms with Gasteiger partial charge in [-0.25, -0.2) is 0 Å². The number of ether oxygens (including phenoxy) is 6. The summed E-state index contributed by atoms with van der Waals surface area (Å²) in [6.07, 6.45) is 7.46. The van der Waals surface area contributed by atoms with Crippen molar-refractivity contribution >= 4 is 11.7 Å². The van der Waals surface area contributed by atoms with Gasteiger partial charge in [-0.3, -0.25) is 4.79 Å². The van der Waals surface area contributed by atoms with E-state index >= 15 is 0 Å². The van der Waals surface area contributed by atoms with Gasteiger partial charge in [-0.05, 0) is 18.6 Å². The molecule has 0 aliphatic rings. The van der Waals surface area contributed by atoms with E-state index < -0.39 is 0 Å². The van der Waals surface area contributed by atoms with Crippen LogP contribution in [0.25, 0.3) is 0 Å². The number of esters is 1. The molecule has 0 bridgehead atoms. The van der Waals surface area contributed by atoms with Crippen LogP contribution in [0.1, 0.15) is 51.9 Å². The highest BCUT2D eigenvalue weighted by molar-refractivity contribution is 5.69. The number of hydrogen-bond acceptors (Lipinski definition) is 8. The third-order valence-corrected chi connectivity index (χ3v) is 4.75. The molecular formula is C25H43NO7. The number of carbonyl (C=O) groups excluding carboxylic acids is 1. The molecule has 1 aromatic rings. The van der Waals surface area contributed by atoms with Gasteiger partial charge in [0, 0.05) is 6.42 Å². The van der Waals surface area contributed by atoms with E-state index in [1.807, 2.05) is 18.2 Å². The predicted molar refractivity (Wildman–Crippen MR) is 129 cm³/mol. The summed E-state index contributed by atoms with van der Waals surface area (Å²) in [6.45, 7) is 6.71. The zero-order valence-corrected chi connectivity index (χ0v) is 20.3. The average molecular weight is 470 g/mol. The SMILES string of the molecule is CCCCCCCCC(=O)OCCOCCOCCOCCOCCOc1ccccc1N. The fourth-order valence-corrected chi connectivity index (χ4v) is 2.92. The van der Waals surface area contributed by atoms with Crippen LogP contribution in [0.15, 0.2) is 24.3 Å². The second-order valence-electron chi connectivity index (χ2n) is 7.57. The van der Waals surface area contributed by atoms with Gasteiger partial charge in [0.25, 0.3) is 0 Å². The molecule has 0 radical (unpaired) electrons. The first kappa shape index (κ1) is 29.2. The Morgan fingerprint density at radius 1 is 0.697 bits per heavy atom. The Morgan fingerprint density at radius 3 is 1.82 bits per heavy atom. The molecular weight excluding hydrogens is 426 g/mol. The summed E-state index contributed by atoms with van der Waals surface area (Å²) >= 11 is 0. The van der Waals surface area contributed by atoms with Crippen LogP contribution in [0.4, 0.5) is 5.69 Å². The summed E-state index contributed by atoms with van der Waals surface area (Å²) in [6, 6.07) is 7.37. The molecule has 33 heavy (non-hydrogen) atoms. The molecule has 8 heteroatoms. The number of para-hydroxylation sites is 2. The molecule has 0 aromatic heterocycles. The lowest BCUT2D eigenvalue weighted by atomic mass is 10.1. The fourth-order valence-electron chi connectivity index (χ4n) is 2.92. The van der Waals surface area contributed by atoms with Crippen molar-refractivity contribution < 1.29 is 33.2 Å². The number of hydrogen-bond donors (Lipinski definition) is 1. The largest absolute Gasteiger partial charge is 0.489 e. The van der Waals surface area contributed by atoms with Crippen molar-refractivity contribution in [3.63, 3.8) is 0 Å². The molecule has 0 heterocycles. The van der Waals surface area contributed by atoms with E-state index in [4.69, 9.17) is 34.2 Å². The summed E-state index contributed by atoms with van der Waals surface area (Å²) in [4.78, 5) is 11.6. The summed E-state index contributed by atoms with van der Waals surface area (Å²) in [5, 5.41) is 0. The summed E-state index contributed by atoms with van der Waals surface area (Å²) in [5.41, 5.74) is 6.42. The van der Waals surface area contributed by atoms with Crippen molar-refractivity contribution in [2.24, 2.45) is 0 Å². The second-order valence-corrected chi connectivity index (χ2v) is 7.57. The lowest BCUT2D eigenvalue weighted by Gasteiger charge is -2.09. The molecule has 0 spiro atoms. The van der Waals surface area contributed by atoms with Crippen molar-refractivity contribution in [1.29, 1.82) is 0 Å². The lowest BCUT2D eigenvalue weighted by Crippen LogP contribution is -2.15. The minimum Gasteiger partial charge on any atom is -0.489 e. The minimum atomic E-state index is -0.139. The van der Waals surface area contributed by atoms with E-state index in [1.54, 1.807) is 6.07 Å². The maximum absolute atomic E-state index is 11.6. The van der Waals surface area contributed by atoms with E-state index in [-0.39, 0.29) is 5.97 Å². The number of nitrogen functional groups attached to an aromatic ring is 1. The van der Waals surface area contributed by atoms with E-state index in [2.05, 4.69) is 6.92 Å². The van der Waals surface area contributed by atoms with Gasteiger partial charge in [0.05, 0.1) is 58.5 Å². The van der Waals surface area contributed by atoms with Gasteiger partial charge < -0.3 is 34.2 Å². The first-order valence-corrected chi connectivity index (χ1v) is 12.2. The minimum absolute atomic E-state index is 0.139. The number of anilines is 1. The molecule has 0 fully saturated rings. The van der Waals surface area contributed by atoms with Gasteiger partial charge >= 0.3 is 5.97 Å². The Hall–Kier alpha value is -1.87. The van der Waals surface area contributed by atoms with Crippen LogP contribution in [0.5, 0.6) is 5.75 Å². The van der Waals surface area contributed by atoms with Crippen LogP contribution in [0, 0.1) is 0 Å². The molecule has 2 N–H and O–H groups in total. The van der Waals surface area contributed by atoms with Crippen molar-refractivity contribution in [1.82, 2.24) is 0 Å². The molecule has 0 aliphatic carbocycles. The van der Waals surface area contributed by atoms with Gasteiger partial charge in [-0.1, -0.05) is 51.2 Å². The lowest BCUT2D eigenvalue weighted by molar-refractivity contribution is -0.145. The normalized spacial score (nSPS) is 10.9. The fraction of sp³-hybridized carbons (Fsp3) is 0.720. The number of carbonyl (C=O) groups is 1. The van der Waals surface area contributed by atoms with Crippen molar-refractivity contribution in [3.8, 4) is 5.75 Å². The molecule has 0 unspecified atom stereocenters. The summed E-state index contributed by atoms with van der Waals surface area (Å²) in [5.74, 6) is 0.530. The van der Waals surface area contributed by atoms with Crippen molar-refractivity contribution in [3.05, 3.63) is 24.3 Å². The maximum atomic E-state index is 11.6. The van der Waals surface area contributed by atoms with Gasteiger partial charge in [-0.2, -0.15) is 0 Å². The van der Waals surface area contributed by atoms with E-state index in [0.29, 0.717) is 83.9 Å². The van der Waals surface area contributed by atoms with E-state index in [1.165, 1.54) is 25.7 Å². The quantitative estimate of drug-likeness (QED) is 0.146. The Bertz CT molecular complexity index is 586. The number of unbranched alkanes of at least 4 members (excludes halogenated alkanes) is 5.